The zero-order chi connectivity index (χ0) is 18.3. The summed E-state index contributed by atoms with van der Waals surface area (Å²) >= 11 is 0. The Balaban J connectivity index is 1.52. The van der Waals surface area contributed by atoms with E-state index in [4.69, 9.17) is 4.74 Å². The van der Waals surface area contributed by atoms with Crippen molar-refractivity contribution in [2.45, 2.75) is 57.5 Å². The second-order valence-electron chi connectivity index (χ2n) is 8.58. The number of aryl methyl sites for hydroxylation is 1. The van der Waals surface area contributed by atoms with Crippen molar-refractivity contribution < 1.29 is 9.53 Å². The highest BCUT2D eigenvalue weighted by molar-refractivity contribution is 5.93. The van der Waals surface area contributed by atoms with Crippen LogP contribution in [0.25, 0.3) is 0 Å². The fraction of sp³-hybridized carbons (Fsp3) is 0.800. The maximum Gasteiger partial charge on any atom is 0.272 e. The number of rotatable bonds is 3. The Hall–Kier alpha value is -1.40. The molecule has 0 saturated carbocycles. The Morgan fingerprint density at radius 1 is 1.12 bits per heavy atom. The molecule has 4 fully saturated rings. The van der Waals surface area contributed by atoms with E-state index in [0.29, 0.717) is 23.9 Å². The van der Waals surface area contributed by atoms with Crippen LogP contribution < -0.4 is 0 Å². The molecule has 144 valence electrons. The van der Waals surface area contributed by atoms with Crippen molar-refractivity contribution in [1.29, 1.82) is 0 Å². The molecule has 1 amide bonds. The van der Waals surface area contributed by atoms with Gasteiger partial charge in [-0.3, -0.25) is 14.4 Å². The first-order valence-corrected chi connectivity index (χ1v) is 10.2. The number of ether oxygens (including phenoxy) is 1. The minimum Gasteiger partial charge on any atom is -0.381 e. The van der Waals surface area contributed by atoms with Crippen molar-refractivity contribution in [3.05, 3.63) is 17.5 Å². The molecule has 4 aliphatic heterocycles. The molecule has 0 radical (unpaired) electrons. The highest BCUT2D eigenvalue weighted by Crippen LogP contribution is 2.32. The number of piperidine rings is 1. The van der Waals surface area contributed by atoms with Gasteiger partial charge >= 0.3 is 0 Å². The Labute approximate surface area is 156 Å². The number of carbonyl (C=O) groups is 1. The Kier molecular flexibility index (Phi) is 5.06. The monoisotopic (exact) mass is 360 g/mol. The minimum atomic E-state index is 0.162. The summed E-state index contributed by atoms with van der Waals surface area (Å²) in [5.74, 6) is 1.10. The second kappa shape index (κ2) is 7.31. The maximum absolute atomic E-state index is 13.3. The lowest BCUT2D eigenvalue weighted by molar-refractivity contribution is 0.0303. The molecule has 0 aromatic carbocycles. The van der Waals surface area contributed by atoms with E-state index >= 15 is 0 Å². The summed E-state index contributed by atoms with van der Waals surface area (Å²) in [4.78, 5) is 18.1. The molecule has 0 N–H and O–H groups in total. The number of nitrogens with zero attached hydrogens (tertiary/aromatic N) is 4. The van der Waals surface area contributed by atoms with Gasteiger partial charge in [0.1, 0.15) is 5.69 Å². The predicted octanol–water partition coefficient (Wildman–Crippen LogP) is 2.26. The SMILES string of the molecule is CC(C)c1cc(C(=O)N2C[C@@H]3CC[C@H]2CN(C2CCOCC2)C3)n(C)n1. The van der Waals surface area contributed by atoms with E-state index in [9.17, 15) is 4.79 Å². The van der Waals surface area contributed by atoms with Gasteiger partial charge in [-0.15, -0.1) is 0 Å². The number of fused-ring (bicyclic) bond motifs is 4. The van der Waals surface area contributed by atoms with Gasteiger partial charge in [0.05, 0.1) is 5.69 Å². The van der Waals surface area contributed by atoms with Crippen molar-refractivity contribution in [1.82, 2.24) is 19.6 Å². The van der Waals surface area contributed by atoms with Gasteiger partial charge in [0, 0.05) is 52.0 Å². The van der Waals surface area contributed by atoms with E-state index in [-0.39, 0.29) is 5.91 Å². The molecule has 1 aromatic rings. The lowest BCUT2D eigenvalue weighted by atomic mass is 9.94. The third-order valence-electron chi connectivity index (χ3n) is 6.42. The van der Waals surface area contributed by atoms with Gasteiger partial charge < -0.3 is 9.64 Å². The van der Waals surface area contributed by atoms with Gasteiger partial charge in [-0.2, -0.15) is 5.10 Å². The average molecular weight is 361 g/mol. The van der Waals surface area contributed by atoms with Gasteiger partial charge in [0.15, 0.2) is 0 Å². The first-order chi connectivity index (χ1) is 12.5. The minimum absolute atomic E-state index is 0.162. The Morgan fingerprint density at radius 2 is 1.88 bits per heavy atom. The molecule has 0 unspecified atom stereocenters. The topological polar surface area (TPSA) is 50.6 Å². The Morgan fingerprint density at radius 3 is 2.58 bits per heavy atom. The second-order valence-corrected chi connectivity index (χ2v) is 8.58. The summed E-state index contributed by atoms with van der Waals surface area (Å²) in [5.41, 5.74) is 1.73. The fourth-order valence-corrected chi connectivity index (χ4v) is 4.83. The van der Waals surface area contributed by atoms with Gasteiger partial charge in [-0.1, -0.05) is 13.8 Å². The van der Waals surface area contributed by atoms with Crippen LogP contribution in [-0.4, -0.2) is 70.4 Å². The molecular formula is C20H32N4O2. The summed E-state index contributed by atoms with van der Waals surface area (Å²) in [6, 6.07) is 2.95. The van der Waals surface area contributed by atoms with Crippen LogP contribution in [0.5, 0.6) is 0 Å². The van der Waals surface area contributed by atoms with Crippen molar-refractivity contribution in [2.75, 3.05) is 32.8 Å². The number of hydrogen-bond donors (Lipinski definition) is 0. The maximum atomic E-state index is 13.3. The average Bonchev–Trinajstić information content (AvgIpc) is 2.82. The molecule has 0 spiro atoms. The van der Waals surface area contributed by atoms with Crippen LogP contribution in [0.3, 0.4) is 0 Å². The highest BCUT2D eigenvalue weighted by atomic mass is 16.5. The molecule has 6 heteroatoms. The molecule has 5 rings (SSSR count). The van der Waals surface area contributed by atoms with E-state index in [2.05, 4.69) is 28.7 Å². The third kappa shape index (κ3) is 3.41. The quantitative estimate of drug-likeness (QED) is 0.830. The Bertz CT molecular complexity index is 650. The van der Waals surface area contributed by atoms with Crippen LogP contribution in [0.15, 0.2) is 6.07 Å². The van der Waals surface area contributed by atoms with E-state index < -0.39 is 0 Å². The van der Waals surface area contributed by atoms with Crippen LogP contribution in [0.1, 0.15) is 61.6 Å². The molecule has 1 aromatic heterocycles. The van der Waals surface area contributed by atoms with Crippen molar-refractivity contribution in [3.8, 4) is 0 Å². The summed E-state index contributed by atoms with van der Waals surface area (Å²) < 4.78 is 7.31. The first-order valence-electron chi connectivity index (χ1n) is 10.2. The standard InChI is InChI=1S/C20H32N4O2/c1-14(2)18-10-19(22(3)21-18)20(25)24-12-15-4-5-17(24)13-23(11-15)16-6-8-26-9-7-16/h10,14-17H,4-9,11-13H2,1-3H3/t15-,17+/m1/s1. The number of carbonyl (C=O) groups excluding carboxylic acids is 1. The van der Waals surface area contributed by atoms with E-state index in [1.807, 2.05) is 13.1 Å². The van der Waals surface area contributed by atoms with E-state index in [0.717, 1.165) is 63.5 Å². The zero-order valence-corrected chi connectivity index (χ0v) is 16.4. The molecule has 0 aliphatic carbocycles. The largest absolute Gasteiger partial charge is 0.381 e. The van der Waals surface area contributed by atoms with Crippen molar-refractivity contribution in [3.63, 3.8) is 0 Å². The predicted molar refractivity (Wildman–Crippen MR) is 100 cm³/mol. The first kappa shape index (κ1) is 18.0. The normalized spacial score (nSPS) is 27.9. The van der Waals surface area contributed by atoms with Crippen molar-refractivity contribution >= 4 is 5.91 Å². The molecule has 26 heavy (non-hydrogen) atoms. The van der Waals surface area contributed by atoms with Gasteiger partial charge in [0.25, 0.3) is 5.91 Å². The molecule has 4 aliphatic rings. The van der Waals surface area contributed by atoms with Crippen LogP contribution in [-0.2, 0) is 11.8 Å². The molecule has 2 bridgehead atoms. The van der Waals surface area contributed by atoms with Gasteiger partial charge in [-0.05, 0) is 43.6 Å². The van der Waals surface area contributed by atoms with Crippen LogP contribution in [0.4, 0.5) is 0 Å². The van der Waals surface area contributed by atoms with E-state index in [1.54, 1.807) is 4.68 Å². The lowest BCUT2D eigenvalue weighted by Crippen LogP contribution is -2.48. The lowest BCUT2D eigenvalue weighted by Gasteiger charge is -2.37. The molecular weight excluding hydrogens is 328 g/mol. The molecule has 2 atom stereocenters. The summed E-state index contributed by atoms with van der Waals surface area (Å²) in [7, 11) is 1.89. The van der Waals surface area contributed by atoms with Gasteiger partial charge in [0.2, 0.25) is 0 Å². The number of aromatic nitrogens is 2. The van der Waals surface area contributed by atoms with Crippen LogP contribution >= 0.6 is 0 Å². The van der Waals surface area contributed by atoms with Crippen molar-refractivity contribution in [2.24, 2.45) is 13.0 Å². The summed E-state index contributed by atoms with van der Waals surface area (Å²) in [5, 5.41) is 4.54. The van der Waals surface area contributed by atoms with Gasteiger partial charge in [-0.25, -0.2) is 0 Å². The molecule has 4 saturated heterocycles. The highest BCUT2D eigenvalue weighted by Gasteiger charge is 2.40. The van der Waals surface area contributed by atoms with E-state index in [1.165, 1.54) is 6.42 Å². The summed E-state index contributed by atoms with van der Waals surface area (Å²) in [6.07, 6.45) is 4.64. The number of hydrogen-bond acceptors (Lipinski definition) is 4. The molecule has 5 heterocycles. The van der Waals surface area contributed by atoms with Crippen LogP contribution in [0, 0.1) is 5.92 Å². The smallest absolute Gasteiger partial charge is 0.272 e. The fourth-order valence-electron chi connectivity index (χ4n) is 4.83. The number of amides is 1. The van der Waals surface area contributed by atoms with Crippen LogP contribution in [0.2, 0.25) is 0 Å². The summed E-state index contributed by atoms with van der Waals surface area (Å²) in [6.45, 7) is 9.05. The molecule has 6 nitrogen and oxygen atoms in total. The third-order valence-corrected chi connectivity index (χ3v) is 6.42. The zero-order valence-electron chi connectivity index (χ0n) is 16.4.